The monoisotopic (exact) mass is 274 g/mol. The van der Waals surface area contributed by atoms with Gasteiger partial charge >= 0.3 is 0 Å². The maximum Gasteiger partial charge on any atom is 0.122 e. The molecule has 1 aliphatic rings. The Kier molecular flexibility index (Phi) is 3.80. The zero-order valence-corrected chi connectivity index (χ0v) is 11.8. The van der Waals surface area contributed by atoms with Crippen molar-refractivity contribution in [3.63, 3.8) is 0 Å². The molecule has 19 heavy (non-hydrogen) atoms. The Hall–Kier alpha value is -1.39. The number of aromatic nitrogens is 1. The first-order valence-electron chi connectivity index (χ1n) is 6.60. The second-order valence-corrected chi connectivity index (χ2v) is 5.93. The maximum absolute atomic E-state index is 5.43. The van der Waals surface area contributed by atoms with E-state index < -0.39 is 0 Å². The average Bonchev–Trinajstić information content (AvgIpc) is 2.90. The van der Waals surface area contributed by atoms with Crippen LogP contribution < -0.4 is 10.1 Å². The summed E-state index contributed by atoms with van der Waals surface area (Å²) in [7, 11) is 1.75. The number of para-hydroxylation sites is 1. The number of rotatable bonds is 5. The SMILES string of the molecule is COc1ccccc1C1CC(NCc2cncs2)C1. The first kappa shape index (κ1) is 12.6. The number of hydrogen-bond donors (Lipinski definition) is 1. The zero-order chi connectivity index (χ0) is 13.1. The number of thiazole rings is 1. The van der Waals surface area contributed by atoms with Crippen molar-refractivity contribution in [2.24, 2.45) is 0 Å². The lowest BCUT2D eigenvalue weighted by molar-refractivity contribution is 0.282. The highest BCUT2D eigenvalue weighted by Gasteiger charge is 2.31. The second kappa shape index (κ2) is 5.72. The minimum atomic E-state index is 0.622. The lowest BCUT2D eigenvalue weighted by atomic mass is 9.75. The summed E-state index contributed by atoms with van der Waals surface area (Å²) in [6.45, 7) is 0.938. The summed E-state index contributed by atoms with van der Waals surface area (Å²) in [6, 6.07) is 8.98. The number of methoxy groups -OCH3 is 1. The quantitative estimate of drug-likeness (QED) is 0.909. The molecule has 0 unspecified atom stereocenters. The number of ether oxygens (including phenoxy) is 1. The molecule has 0 saturated heterocycles. The molecule has 0 amide bonds. The third-order valence-corrected chi connectivity index (χ3v) is 4.54. The number of hydrogen-bond acceptors (Lipinski definition) is 4. The zero-order valence-electron chi connectivity index (χ0n) is 11.0. The van der Waals surface area contributed by atoms with Gasteiger partial charge in [-0.3, -0.25) is 4.98 Å². The smallest absolute Gasteiger partial charge is 0.122 e. The molecule has 1 aromatic carbocycles. The fourth-order valence-electron chi connectivity index (χ4n) is 2.62. The van der Waals surface area contributed by atoms with Crippen molar-refractivity contribution in [1.82, 2.24) is 10.3 Å². The van der Waals surface area contributed by atoms with Gasteiger partial charge in [-0.1, -0.05) is 18.2 Å². The Morgan fingerprint density at radius 2 is 2.21 bits per heavy atom. The van der Waals surface area contributed by atoms with Crippen LogP contribution in [0.4, 0.5) is 0 Å². The van der Waals surface area contributed by atoms with E-state index in [1.165, 1.54) is 23.3 Å². The molecule has 1 N–H and O–H groups in total. The molecule has 4 heteroatoms. The molecule has 100 valence electrons. The van der Waals surface area contributed by atoms with Crippen LogP contribution in [0.3, 0.4) is 0 Å². The van der Waals surface area contributed by atoms with Gasteiger partial charge in [0.25, 0.3) is 0 Å². The highest BCUT2D eigenvalue weighted by molar-refractivity contribution is 7.09. The van der Waals surface area contributed by atoms with Gasteiger partial charge in [0.2, 0.25) is 0 Å². The topological polar surface area (TPSA) is 34.1 Å². The standard InChI is InChI=1S/C15H18N2OS/c1-18-15-5-3-2-4-14(15)11-6-12(7-11)17-9-13-8-16-10-19-13/h2-5,8,10-12,17H,6-7,9H2,1H3. The van der Waals surface area contributed by atoms with Gasteiger partial charge in [-0.25, -0.2) is 0 Å². The summed E-state index contributed by atoms with van der Waals surface area (Å²) < 4.78 is 5.43. The summed E-state index contributed by atoms with van der Waals surface area (Å²) >= 11 is 1.71. The predicted octanol–water partition coefficient (Wildman–Crippen LogP) is 3.19. The van der Waals surface area contributed by atoms with Crippen LogP contribution in [0.25, 0.3) is 0 Å². The molecule has 0 atom stereocenters. The molecule has 2 aromatic rings. The maximum atomic E-state index is 5.43. The van der Waals surface area contributed by atoms with Gasteiger partial charge in [0.15, 0.2) is 0 Å². The number of nitrogens with zero attached hydrogens (tertiary/aromatic N) is 1. The molecule has 1 fully saturated rings. The Bertz CT molecular complexity index is 521. The van der Waals surface area contributed by atoms with E-state index in [1.807, 2.05) is 23.8 Å². The van der Waals surface area contributed by atoms with Crippen molar-refractivity contribution in [2.45, 2.75) is 31.3 Å². The van der Waals surface area contributed by atoms with Crippen LogP contribution in [-0.4, -0.2) is 18.1 Å². The van der Waals surface area contributed by atoms with Gasteiger partial charge in [0.05, 0.1) is 12.6 Å². The average molecular weight is 274 g/mol. The Labute approximate surface area is 117 Å². The van der Waals surface area contributed by atoms with Gasteiger partial charge in [-0.05, 0) is 30.4 Å². The van der Waals surface area contributed by atoms with E-state index >= 15 is 0 Å². The minimum Gasteiger partial charge on any atom is -0.496 e. The Morgan fingerprint density at radius 3 is 2.95 bits per heavy atom. The van der Waals surface area contributed by atoms with Crippen molar-refractivity contribution in [3.05, 3.63) is 46.4 Å². The predicted molar refractivity (Wildman–Crippen MR) is 77.7 cm³/mol. The second-order valence-electron chi connectivity index (χ2n) is 4.96. The van der Waals surface area contributed by atoms with Crippen molar-refractivity contribution in [3.8, 4) is 5.75 Å². The Morgan fingerprint density at radius 1 is 1.37 bits per heavy atom. The van der Waals surface area contributed by atoms with Crippen LogP contribution in [-0.2, 0) is 6.54 Å². The minimum absolute atomic E-state index is 0.622. The van der Waals surface area contributed by atoms with E-state index in [2.05, 4.69) is 22.4 Å². The van der Waals surface area contributed by atoms with E-state index in [9.17, 15) is 0 Å². The lowest BCUT2D eigenvalue weighted by Crippen LogP contribution is -2.39. The van der Waals surface area contributed by atoms with Gasteiger partial charge in [0, 0.05) is 23.7 Å². The van der Waals surface area contributed by atoms with Gasteiger partial charge in [-0.15, -0.1) is 11.3 Å². The number of benzene rings is 1. The first-order valence-corrected chi connectivity index (χ1v) is 7.48. The summed E-state index contributed by atoms with van der Waals surface area (Å²) in [5.41, 5.74) is 3.23. The fraction of sp³-hybridized carbons (Fsp3) is 0.400. The van der Waals surface area contributed by atoms with E-state index in [4.69, 9.17) is 4.74 Å². The highest BCUT2D eigenvalue weighted by atomic mass is 32.1. The van der Waals surface area contributed by atoms with Crippen molar-refractivity contribution < 1.29 is 4.74 Å². The van der Waals surface area contributed by atoms with Crippen LogP contribution in [0.5, 0.6) is 5.75 Å². The molecule has 0 radical (unpaired) electrons. The van der Waals surface area contributed by atoms with Gasteiger partial charge in [0.1, 0.15) is 5.75 Å². The molecule has 3 nitrogen and oxygen atoms in total. The number of nitrogens with one attached hydrogen (secondary N) is 1. The molecule has 1 aliphatic carbocycles. The molecule has 1 saturated carbocycles. The van der Waals surface area contributed by atoms with E-state index in [1.54, 1.807) is 18.4 Å². The summed E-state index contributed by atoms with van der Waals surface area (Å²) in [5.74, 6) is 1.66. The lowest BCUT2D eigenvalue weighted by Gasteiger charge is -2.36. The van der Waals surface area contributed by atoms with E-state index in [-0.39, 0.29) is 0 Å². The van der Waals surface area contributed by atoms with Crippen LogP contribution in [0.1, 0.15) is 29.2 Å². The molecule has 1 heterocycles. The van der Waals surface area contributed by atoms with Crippen molar-refractivity contribution in [1.29, 1.82) is 0 Å². The normalized spacial score (nSPS) is 21.9. The van der Waals surface area contributed by atoms with Gasteiger partial charge < -0.3 is 10.1 Å². The molecule has 0 aliphatic heterocycles. The first-order chi connectivity index (χ1) is 9.36. The molecule has 0 bridgehead atoms. The summed E-state index contributed by atoms with van der Waals surface area (Å²) in [6.07, 6.45) is 4.33. The molecular formula is C15H18N2OS. The van der Waals surface area contributed by atoms with E-state index in [0.29, 0.717) is 12.0 Å². The van der Waals surface area contributed by atoms with Crippen LogP contribution in [0, 0.1) is 0 Å². The molecular weight excluding hydrogens is 256 g/mol. The van der Waals surface area contributed by atoms with E-state index in [0.717, 1.165) is 12.3 Å². The largest absolute Gasteiger partial charge is 0.496 e. The van der Waals surface area contributed by atoms with Crippen LogP contribution >= 0.6 is 11.3 Å². The summed E-state index contributed by atoms with van der Waals surface area (Å²) in [4.78, 5) is 5.40. The Balaban J connectivity index is 1.52. The summed E-state index contributed by atoms with van der Waals surface area (Å²) in [5, 5.41) is 3.59. The highest BCUT2D eigenvalue weighted by Crippen LogP contribution is 2.40. The fourth-order valence-corrected chi connectivity index (χ4v) is 3.16. The van der Waals surface area contributed by atoms with Crippen LogP contribution in [0.15, 0.2) is 36.0 Å². The molecule has 0 spiro atoms. The van der Waals surface area contributed by atoms with Crippen molar-refractivity contribution >= 4 is 11.3 Å². The molecule has 1 aromatic heterocycles. The third-order valence-electron chi connectivity index (χ3n) is 3.77. The van der Waals surface area contributed by atoms with Crippen molar-refractivity contribution in [2.75, 3.05) is 7.11 Å². The van der Waals surface area contributed by atoms with Crippen LogP contribution in [0.2, 0.25) is 0 Å². The third kappa shape index (κ3) is 2.80. The molecule has 3 rings (SSSR count). The van der Waals surface area contributed by atoms with Gasteiger partial charge in [-0.2, -0.15) is 0 Å².